The van der Waals surface area contributed by atoms with Crippen LogP contribution in [0, 0.1) is 6.92 Å². The first-order valence-corrected chi connectivity index (χ1v) is 9.01. The molecular weight excluding hydrogens is 338 g/mol. The van der Waals surface area contributed by atoms with E-state index < -0.39 is 0 Å². The van der Waals surface area contributed by atoms with E-state index in [2.05, 4.69) is 25.6 Å². The van der Waals surface area contributed by atoms with E-state index in [9.17, 15) is 4.79 Å². The molecule has 0 saturated heterocycles. The summed E-state index contributed by atoms with van der Waals surface area (Å²) < 4.78 is 7.24. The Morgan fingerprint density at radius 2 is 2.44 bits per heavy atom. The lowest BCUT2D eigenvalue weighted by molar-refractivity contribution is -0.126. The largest absolute Gasteiger partial charge is 0.467 e. The van der Waals surface area contributed by atoms with Crippen LogP contribution in [-0.2, 0) is 24.4 Å². The molecule has 0 radical (unpaired) electrons. The molecule has 4 rings (SSSR count). The Kier molecular flexibility index (Phi) is 4.37. The number of nitrogens with zero attached hydrogens (tertiary/aromatic N) is 4. The van der Waals surface area contributed by atoms with Gasteiger partial charge in [-0.1, -0.05) is 0 Å². The minimum absolute atomic E-state index is 0.0326. The van der Waals surface area contributed by atoms with Gasteiger partial charge in [0, 0.05) is 31.2 Å². The molecule has 130 valence electrons. The first-order valence-electron chi connectivity index (χ1n) is 8.13. The summed E-state index contributed by atoms with van der Waals surface area (Å²) in [6.45, 7) is 4.52. The van der Waals surface area contributed by atoms with Crippen molar-refractivity contribution in [1.82, 2.24) is 24.8 Å². The zero-order valence-corrected chi connectivity index (χ0v) is 14.7. The van der Waals surface area contributed by atoms with Crippen LogP contribution in [0.15, 0.2) is 40.7 Å². The van der Waals surface area contributed by atoms with Crippen LogP contribution in [0.4, 0.5) is 0 Å². The Hall–Kier alpha value is -2.45. The quantitative estimate of drug-likeness (QED) is 0.757. The molecule has 1 atom stereocenters. The fourth-order valence-electron chi connectivity index (χ4n) is 3.11. The number of carbonyl (C=O) groups is 1. The van der Waals surface area contributed by atoms with E-state index >= 15 is 0 Å². The van der Waals surface area contributed by atoms with Crippen LogP contribution in [0.25, 0.3) is 0 Å². The summed E-state index contributed by atoms with van der Waals surface area (Å²) in [5, 5.41) is 6.09. The highest BCUT2D eigenvalue weighted by molar-refractivity contribution is 7.09. The molecule has 1 aliphatic rings. The van der Waals surface area contributed by atoms with E-state index in [-0.39, 0.29) is 11.9 Å². The molecule has 4 heterocycles. The summed E-state index contributed by atoms with van der Waals surface area (Å²) in [5.41, 5.74) is 2.08. The van der Waals surface area contributed by atoms with Crippen molar-refractivity contribution in [2.45, 2.75) is 32.6 Å². The number of hydrogen-bond acceptors (Lipinski definition) is 6. The maximum Gasteiger partial charge on any atom is 0.244 e. The van der Waals surface area contributed by atoms with Crippen LogP contribution in [0.3, 0.4) is 0 Å². The first kappa shape index (κ1) is 16.0. The third-order valence-corrected chi connectivity index (χ3v) is 5.09. The van der Waals surface area contributed by atoms with Crippen molar-refractivity contribution in [3.8, 4) is 0 Å². The summed E-state index contributed by atoms with van der Waals surface area (Å²) in [5.74, 6) is 0.708. The van der Waals surface area contributed by atoms with Gasteiger partial charge in [0.25, 0.3) is 0 Å². The van der Waals surface area contributed by atoms with E-state index in [1.54, 1.807) is 23.9 Å². The topological polar surface area (TPSA) is 76.2 Å². The number of nitrogens with one attached hydrogen (secondary N) is 1. The minimum atomic E-state index is -0.305. The van der Waals surface area contributed by atoms with Gasteiger partial charge in [0.1, 0.15) is 11.8 Å². The Morgan fingerprint density at radius 3 is 3.20 bits per heavy atom. The van der Waals surface area contributed by atoms with Gasteiger partial charge in [-0.25, -0.2) is 9.97 Å². The summed E-state index contributed by atoms with van der Waals surface area (Å²) in [4.78, 5) is 23.7. The summed E-state index contributed by atoms with van der Waals surface area (Å²) in [6.07, 6.45) is 5.16. The SMILES string of the molecule is Cc1nc(CN2Cc3cncn3[C@H](C(=O)NCc3ccco3)C2)cs1. The second-order valence-corrected chi connectivity index (χ2v) is 7.19. The molecule has 7 nitrogen and oxygen atoms in total. The average molecular weight is 357 g/mol. The fraction of sp³-hybridized carbons (Fsp3) is 0.353. The predicted molar refractivity (Wildman–Crippen MR) is 92.8 cm³/mol. The second-order valence-electron chi connectivity index (χ2n) is 6.13. The van der Waals surface area contributed by atoms with E-state index in [0.29, 0.717) is 13.1 Å². The van der Waals surface area contributed by atoms with Crippen molar-refractivity contribution in [1.29, 1.82) is 0 Å². The van der Waals surface area contributed by atoms with E-state index in [0.717, 1.165) is 35.2 Å². The maximum absolute atomic E-state index is 12.7. The van der Waals surface area contributed by atoms with Gasteiger partial charge in [-0.15, -0.1) is 11.3 Å². The van der Waals surface area contributed by atoms with Gasteiger partial charge >= 0.3 is 0 Å². The lowest BCUT2D eigenvalue weighted by atomic mass is 10.1. The van der Waals surface area contributed by atoms with Crippen molar-refractivity contribution >= 4 is 17.2 Å². The standard InChI is InChI=1S/C17H19N5O2S/c1-12-20-13(10-25-12)7-21-8-14-5-18-11-22(14)16(9-21)17(23)19-6-15-3-2-4-24-15/h2-5,10-11,16H,6-9H2,1H3,(H,19,23)/t16-/m0/s1. The highest BCUT2D eigenvalue weighted by Gasteiger charge is 2.30. The number of imidazole rings is 1. The lowest BCUT2D eigenvalue weighted by Gasteiger charge is -2.33. The van der Waals surface area contributed by atoms with E-state index in [4.69, 9.17) is 4.42 Å². The number of furan rings is 1. The molecule has 0 bridgehead atoms. The molecule has 25 heavy (non-hydrogen) atoms. The monoisotopic (exact) mass is 357 g/mol. The van der Waals surface area contributed by atoms with Gasteiger partial charge in [-0.3, -0.25) is 9.69 Å². The zero-order chi connectivity index (χ0) is 17.2. The number of aromatic nitrogens is 3. The van der Waals surface area contributed by atoms with Crippen LogP contribution in [-0.4, -0.2) is 31.9 Å². The fourth-order valence-corrected chi connectivity index (χ4v) is 3.71. The van der Waals surface area contributed by atoms with Crippen LogP contribution in [0.2, 0.25) is 0 Å². The van der Waals surface area contributed by atoms with Gasteiger partial charge in [0.15, 0.2) is 0 Å². The molecular formula is C17H19N5O2S. The van der Waals surface area contributed by atoms with Crippen molar-refractivity contribution < 1.29 is 9.21 Å². The maximum atomic E-state index is 12.7. The molecule has 0 saturated carbocycles. The molecule has 0 aliphatic carbocycles. The number of aryl methyl sites for hydroxylation is 1. The Bertz CT molecular complexity index is 854. The number of rotatable bonds is 5. The van der Waals surface area contributed by atoms with Crippen molar-refractivity contribution in [2.24, 2.45) is 0 Å². The number of amides is 1. The molecule has 1 aliphatic heterocycles. The van der Waals surface area contributed by atoms with Crippen molar-refractivity contribution in [2.75, 3.05) is 6.54 Å². The van der Waals surface area contributed by atoms with Crippen molar-refractivity contribution in [3.63, 3.8) is 0 Å². The lowest BCUT2D eigenvalue weighted by Crippen LogP contribution is -2.44. The normalized spacial score (nSPS) is 17.4. The van der Waals surface area contributed by atoms with Crippen molar-refractivity contribution in [3.05, 3.63) is 58.5 Å². The van der Waals surface area contributed by atoms with Crippen LogP contribution < -0.4 is 5.32 Å². The second kappa shape index (κ2) is 6.81. The number of carbonyl (C=O) groups excluding carboxylic acids is 1. The third kappa shape index (κ3) is 3.49. The highest BCUT2D eigenvalue weighted by atomic mass is 32.1. The zero-order valence-electron chi connectivity index (χ0n) is 13.9. The molecule has 3 aromatic heterocycles. The molecule has 0 spiro atoms. The van der Waals surface area contributed by atoms with E-state index in [1.165, 1.54) is 0 Å². The smallest absolute Gasteiger partial charge is 0.244 e. The summed E-state index contributed by atoms with van der Waals surface area (Å²) in [6, 6.07) is 3.36. The average Bonchev–Trinajstić information content (AvgIpc) is 3.33. The summed E-state index contributed by atoms with van der Waals surface area (Å²) >= 11 is 1.65. The molecule has 8 heteroatoms. The summed E-state index contributed by atoms with van der Waals surface area (Å²) in [7, 11) is 0. The first-order chi connectivity index (χ1) is 12.2. The highest BCUT2D eigenvalue weighted by Crippen LogP contribution is 2.23. The number of fused-ring (bicyclic) bond motifs is 1. The Balaban J connectivity index is 1.47. The van der Waals surface area contributed by atoms with E-state index in [1.807, 2.05) is 29.8 Å². The van der Waals surface area contributed by atoms with Crippen LogP contribution in [0.5, 0.6) is 0 Å². The Labute approximate surface area is 149 Å². The van der Waals surface area contributed by atoms with Gasteiger partial charge < -0.3 is 14.3 Å². The third-order valence-electron chi connectivity index (χ3n) is 4.27. The predicted octanol–water partition coefficient (Wildman–Crippen LogP) is 2.11. The van der Waals surface area contributed by atoms with Gasteiger partial charge in [-0.2, -0.15) is 0 Å². The van der Waals surface area contributed by atoms with Gasteiger partial charge in [-0.05, 0) is 19.1 Å². The van der Waals surface area contributed by atoms with Crippen LogP contribution in [0.1, 0.15) is 28.2 Å². The molecule has 0 unspecified atom stereocenters. The minimum Gasteiger partial charge on any atom is -0.467 e. The molecule has 1 amide bonds. The molecule has 3 aromatic rings. The van der Waals surface area contributed by atoms with Gasteiger partial charge in [0.2, 0.25) is 5.91 Å². The molecule has 0 fully saturated rings. The number of hydrogen-bond donors (Lipinski definition) is 1. The van der Waals surface area contributed by atoms with Gasteiger partial charge in [0.05, 0.1) is 35.5 Å². The number of thiazole rings is 1. The molecule has 0 aromatic carbocycles. The Morgan fingerprint density at radius 1 is 1.52 bits per heavy atom. The van der Waals surface area contributed by atoms with Crippen LogP contribution >= 0.6 is 11.3 Å². The molecule has 1 N–H and O–H groups in total.